The molecule has 3 atom stereocenters. The number of nitrogens with one attached hydrogen (secondary N) is 1. The van der Waals surface area contributed by atoms with E-state index < -0.39 is 14.9 Å². The van der Waals surface area contributed by atoms with Crippen molar-refractivity contribution < 1.29 is 18.1 Å². The van der Waals surface area contributed by atoms with Crippen LogP contribution < -0.4 is 5.32 Å². The summed E-state index contributed by atoms with van der Waals surface area (Å²) in [5, 5.41) is 15.0. The molecule has 0 aromatic heterocycles. The molecule has 2 aliphatic heterocycles. The standard InChI is InChI=1S/C22H22ClN3O5S/c23-19-6-4-14(12-21(19)26(27)28)22-17-3-1-2-16(17)18-13-15(5-7-20(18)24-22)32(29,30)25-8-10-31-11-9-25/h1-2,4-7,12-13,16-17,22,24H,3,8-11H2. The van der Waals surface area contributed by atoms with Crippen LogP contribution in [0.4, 0.5) is 11.4 Å². The van der Waals surface area contributed by atoms with Crippen LogP contribution in [0.5, 0.6) is 0 Å². The van der Waals surface area contributed by atoms with Gasteiger partial charge in [-0.1, -0.05) is 29.8 Å². The summed E-state index contributed by atoms with van der Waals surface area (Å²) in [5.41, 5.74) is 2.43. The fraction of sp³-hybridized carbons (Fsp3) is 0.364. The lowest BCUT2D eigenvalue weighted by Gasteiger charge is -2.38. The zero-order chi connectivity index (χ0) is 22.5. The van der Waals surface area contributed by atoms with Crippen LogP contribution in [0, 0.1) is 16.0 Å². The number of benzene rings is 2. The maximum absolute atomic E-state index is 13.1. The third kappa shape index (κ3) is 3.59. The second-order valence-corrected chi connectivity index (χ2v) is 10.6. The molecule has 32 heavy (non-hydrogen) atoms. The molecular weight excluding hydrogens is 454 g/mol. The highest BCUT2D eigenvalue weighted by atomic mass is 35.5. The number of allylic oxidation sites excluding steroid dienone is 2. The Morgan fingerprint density at radius 3 is 2.69 bits per heavy atom. The molecule has 2 aromatic carbocycles. The van der Waals surface area contributed by atoms with Gasteiger partial charge < -0.3 is 10.1 Å². The van der Waals surface area contributed by atoms with Gasteiger partial charge in [-0.3, -0.25) is 10.1 Å². The Bertz CT molecular complexity index is 1210. The normalized spacial score (nSPS) is 25.1. The predicted molar refractivity (Wildman–Crippen MR) is 120 cm³/mol. The third-order valence-electron chi connectivity index (χ3n) is 6.47. The summed E-state index contributed by atoms with van der Waals surface area (Å²) in [6.07, 6.45) is 4.98. The van der Waals surface area contributed by atoms with Crippen LogP contribution in [-0.2, 0) is 14.8 Å². The maximum Gasteiger partial charge on any atom is 0.288 e. The summed E-state index contributed by atoms with van der Waals surface area (Å²) in [4.78, 5) is 11.2. The van der Waals surface area contributed by atoms with Crippen molar-refractivity contribution in [2.45, 2.75) is 23.3 Å². The van der Waals surface area contributed by atoms with Crippen LogP contribution in [0.1, 0.15) is 29.5 Å². The number of nitrogens with zero attached hydrogens (tertiary/aromatic N) is 2. The molecule has 1 aliphatic carbocycles. The van der Waals surface area contributed by atoms with Gasteiger partial charge in [0.25, 0.3) is 5.69 Å². The van der Waals surface area contributed by atoms with Crippen LogP contribution in [-0.4, -0.2) is 43.9 Å². The number of anilines is 1. The van der Waals surface area contributed by atoms with E-state index in [4.69, 9.17) is 16.3 Å². The van der Waals surface area contributed by atoms with Crippen molar-refractivity contribution in [3.8, 4) is 0 Å². The lowest BCUT2D eigenvalue weighted by atomic mass is 9.77. The van der Waals surface area contributed by atoms with Crippen molar-refractivity contribution in [2.75, 3.05) is 31.6 Å². The minimum atomic E-state index is -3.60. The second-order valence-electron chi connectivity index (χ2n) is 8.21. The molecule has 2 heterocycles. The number of nitro groups is 1. The molecule has 3 aliphatic rings. The van der Waals surface area contributed by atoms with Crippen molar-refractivity contribution in [1.82, 2.24) is 4.31 Å². The van der Waals surface area contributed by atoms with E-state index in [9.17, 15) is 18.5 Å². The first-order valence-electron chi connectivity index (χ1n) is 10.4. The SMILES string of the molecule is O=[N+]([O-])c1cc(C2Nc3ccc(S(=O)(=O)N4CCOCC4)cc3C3C=CCC32)ccc1Cl. The van der Waals surface area contributed by atoms with E-state index in [0.29, 0.717) is 26.3 Å². The molecule has 168 valence electrons. The molecule has 0 bridgehead atoms. The third-order valence-corrected chi connectivity index (χ3v) is 8.68. The number of sulfonamides is 1. The molecule has 0 amide bonds. The number of hydrogen-bond donors (Lipinski definition) is 1. The van der Waals surface area contributed by atoms with Gasteiger partial charge in [0.1, 0.15) is 5.02 Å². The van der Waals surface area contributed by atoms with Crippen molar-refractivity contribution >= 4 is 33.0 Å². The minimum Gasteiger partial charge on any atom is -0.379 e. The number of hydrogen-bond acceptors (Lipinski definition) is 6. The van der Waals surface area contributed by atoms with Crippen LogP contribution in [0.25, 0.3) is 0 Å². The van der Waals surface area contributed by atoms with Crippen molar-refractivity contribution in [3.63, 3.8) is 0 Å². The number of ether oxygens (including phenoxy) is 1. The summed E-state index contributed by atoms with van der Waals surface area (Å²) in [5.74, 6) is 0.135. The maximum atomic E-state index is 13.1. The Morgan fingerprint density at radius 2 is 1.94 bits per heavy atom. The molecule has 8 nitrogen and oxygen atoms in total. The highest BCUT2D eigenvalue weighted by Gasteiger charge is 2.39. The fourth-order valence-electron chi connectivity index (χ4n) is 4.86. The molecule has 0 saturated carbocycles. The van der Waals surface area contributed by atoms with E-state index in [0.717, 1.165) is 23.2 Å². The molecule has 2 aromatic rings. The highest BCUT2D eigenvalue weighted by Crippen LogP contribution is 2.50. The van der Waals surface area contributed by atoms with Crippen LogP contribution in [0.3, 0.4) is 0 Å². The largest absolute Gasteiger partial charge is 0.379 e. The summed E-state index contributed by atoms with van der Waals surface area (Å²) in [7, 11) is -3.60. The summed E-state index contributed by atoms with van der Waals surface area (Å²) < 4.78 is 33.0. The highest BCUT2D eigenvalue weighted by molar-refractivity contribution is 7.89. The molecular formula is C22H22ClN3O5S. The first-order valence-corrected chi connectivity index (χ1v) is 12.3. The summed E-state index contributed by atoms with van der Waals surface area (Å²) >= 11 is 6.00. The van der Waals surface area contributed by atoms with Crippen molar-refractivity contribution in [3.05, 3.63) is 74.8 Å². The predicted octanol–water partition coefficient (Wildman–Crippen LogP) is 4.10. The van der Waals surface area contributed by atoms with Crippen molar-refractivity contribution in [1.29, 1.82) is 0 Å². The lowest BCUT2D eigenvalue weighted by molar-refractivity contribution is -0.384. The van der Waals surface area contributed by atoms with E-state index >= 15 is 0 Å². The average Bonchev–Trinajstić information content (AvgIpc) is 3.29. The van der Waals surface area contributed by atoms with Crippen LogP contribution in [0.15, 0.2) is 53.4 Å². The van der Waals surface area contributed by atoms with Crippen LogP contribution >= 0.6 is 11.6 Å². The number of rotatable bonds is 4. The number of fused-ring (bicyclic) bond motifs is 3. The number of halogens is 1. The monoisotopic (exact) mass is 475 g/mol. The molecule has 10 heteroatoms. The van der Waals surface area contributed by atoms with Gasteiger partial charge in [0.15, 0.2) is 0 Å². The van der Waals surface area contributed by atoms with Gasteiger partial charge in [0, 0.05) is 30.8 Å². The topological polar surface area (TPSA) is 102 Å². The van der Waals surface area contributed by atoms with E-state index in [1.54, 1.807) is 24.3 Å². The Morgan fingerprint density at radius 1 is 1.16 bits per heavy atom. The first-order chi connectivity index (χ1) is 15.4. The van der Waals surface area contributed by atoms with Gasteiger partial charge in [-0.05, 0) is 47.7 Å². The van der Waals surface area contributed by atoms with Gasteiger partial charge >= 0.3 is 0 Å². The van der Waals surface area contributed by atoms with Gasteiger partial charge in [0.2, 0.25) is 10.0 Å². The van der Waals surface area contributed by atoms with Gasteiger partial charge in [-0.15, -0.1) is 0 Å². The van der Waals surface area contributed by atoms with Crippen molar-refractivity contribution in [2.24, 2.45) is 5.92 Å². The Labute approximate surface area is 191 Å². The van der Waals surface area contributed by atoms with E-state index in [1.807, 2.05) is 6.07 Å². The van der Waals surface area contributed by atoms with E-state index in [-0.39, 0.29) is 33.5 Å². The average molecular weight is 476 g/mol. The van der Waals surface area contributed by atoms with E-state index in [2.05, 4.69) is 17.5 Å². The van der Waals surface area contributed by atoms with Gasteiger partial charge in [0.05, 0.1) is 29.1 Å². The Hall–Kier alpha value is -2.46. The van der Waals surface area contributed by atoms with Gasteiger partial charge in [-0.2, -0.15) is 4.31 Å². The zero-order valence-electron chi connectivity index (χ0n) is 17.1. The lowest BCUT2D eigenvalue weighted by Crippen LogP contribution is -2.40. The number of morpholine rings is 1. The summed E-state index contributed by atoms with van der Waals surface area (Å²) in [6, 6.07) is 9.92. The van der Waals surface area contributed by atoms with E-state index in [1.165, 1.54) is 10.4 Å². The minimum absolute atomic E-state index is 0.0193. The Balaban J connectivity index is 1.51. The fourth-order valence-corrected chi connectivity index (χ4v) is 6.49. The second kappa shape index (κ2) is 8.15. The van der Waals surface area contributed by atoms with Gasteiger partial charge in [-0.25, -0.2) is 8.42 Å². The molecule has 1 saturated heterocycles. The molecule has 0 radical (unpaired) electrons. The summed E-state index contributed by atoms with van der Waals surface area (Å²) in [6.45, 7) is 1.49. The quantitative estimate of drug-likeness (QED) is 0.406. The van der Waals surface area contributed by atoms with Crippen LogP contribution in [0.2, 0.25) is 5.02 Å². The smallest absolute Gasteiger partial charge is 0.288 e. The molecule has 1 fully saturated rings. The number of nitro benzene ring substituents is 1. The molecule has 3 unspecified atom stereocenters. The zero-order valence-corrected chi connectivity index (χ0v) is 18.7. The molecule has 0 spiro atoms. The molecule has 1 N–H and O–H groups in total. The Kier molecular flexibility index (Phi) is 5.45. The first kappa shape index (κ1) is 21.4. The molecule has 5 rings (SSSR count).